The van der Waals surface area contributed by atoms with Crippen LogP contribution in [0.25, 0.3) is 0 Å². The predicted octanol–water partition coefficient (Wildman–Crippen LogP) is -0.120. The van der Waals surface area contributed by atoms with E-state index in [-0.39, 0.29) is 12.0 Å². The van der Waals surface area contributed by atoms with Crippen molar-refractivity contribution in [1.29, 1.82) is 0 Å². The molecule has 1 saturated heterocycles. The summed E-state index contributed by atoms with van der Waals surface area (Å²) in [5.74, 6) is -0.198. The first-order valence-corrected chi connectivity index (χ1v) is 4.10. The number of methoxy groups -OCH3 is 2. The molecule has 12 heavy (non-hydrogen) atoms. The van der Waals surface area contributed by atoms with Gasteiger partial charge < -0.3 is 9.47 Å². The van der Waals surface area contributed by atoms with Crippen LogP contribution in [-0.4, -0.2) is 50.8 Å². The summed E-state index contributed by atoms with van der Waals surface area (Å²) in [6.45, 7) is 2.37. The van der Waals surface area contributed by atoms with Crippen LogP contribution in [0.4, 0.5) is 0 Å². The van der Waals surface area contributed by atoms with Gasteiger partial charge in [0.25, 0.3) is 0 Å². The van der Waals surface area contributed by atoms with Gasteiger partial charge in [-0.15, -0.1) is 0 Å². The van der Waals surface area contributed by atoms with Crippen molar-refractivity contribution in [1.82, 2.24) is 4.90 Å². The molecule has 0 radical (unpaired) electrons. The average molecular weight is 173 g/mol. The Morgan fingerprint density at radius 1 is 1.50 bits per heavy atom. The van der Waals surface area contributed by atoms with Crippen molar-refractivity contribution in [3.8, 4) is 0 Å². The minimum atomic E-state index is -0.200. The fourth-order valence-corrected chi connectivity index (χ4v) is 1.27. The molecule has 0 spiro atoms. The van der Waals surface area contributed by atoms with Gasteiger partial charge in [0.05, 0.1) is 13.7 Å². The van der Waals surface area contributed by atoms with Crippen molar-refractivity contribution in [2.24, 2.45) is 0 Å². The van der Waals surface area contributed by atoms with Gasteiger partial charge >= 0.3 is 5.97 Å². The molecule has 0 aromatic heterocycles. The molecule has 0 N–H and O–H groups in total. The van der Waals surface area contributed by atoms with Gasteiger partial charge in [0.15, 0.2) is 0 Å². The summed E-state index contributed by atoms with van der Waals surface area (Å²) in [5, 5.41) is 0. The number of rotatable bonds is 4. The van der Waals surface area contributed by atoms with Crippen molar-refractivity contribution >= 4 is 5.97 Å². The molecule has 1 rings (SSSR count). The molecule has 0 aliphatic carbocycles. The van der Waals surface area contributed by atoms with Crippen LogP contribution >= 0.6 is 0 Å². The van der Waals surface area contributed by atoms with Gasteiger partial charge in [-0.05, 0) is 6.42 Å². The number of nitrogens with zero attached hydrogens (tertiary/aromatic N) is 1. The van der Waals surface area contributed by atoms with Gasteiger partial charge in [-0.1, -0.05) is 0 Å². The quantitative estimate of drug-likeness (QED) is 0.556. The monoisotopic (exact) mass is 173 g/mol. The molecule has 70 valence electrons. The Morgan fingerprint density at radius 2 is 2.17 bits per heavy atom. The average Bonchev–Trinajstić information content (AvgIpc) is 1.99. The van der Waals surface area contributed by atoms with E-state index in [1.807, 2.05) is 0 Å². The zero-order valence-corrected chi connectivity index (χ0v) is 7.58. The van der Waals surface area contributed by atoms with Gasteiger partial charge in [-0.3, -0.25) is 9.69 Å². The second kappa shape index (κ2) is 4.42. The summed E-state index contributed by atoms with van der Waals surface area (Å²) in [6, 6.07) is -0.200. The van der Waals surface area contributed by atoms with Crippen molar-refractivity contribution in [3.05, 3.63) is 0 Å². The Bertz CT molecular complexity index is 156. The summed E-state index contributed by atoms with van der Waals surface area (Å²) in [6.07, 6.45) is 1.16. The van der Waals surface area contributed by atoms with Crippen molar-refractivity contribution in [3.63, 3.8) is 0 Å². The minimum absolute atomic E-state index is 0.198. The molecule has 1 aliphatic rings. The highest BCUT2D eigenvalue weighted by molar-refractivity contribution is 5.75. The molecule has 0 aromatic rings. The van der Waals surface area contributed by atoms with E-state index >= 15 is 0 Å². The summed E-state index contributed by atoms with van der Waals surface area (Å²) in [7, 11) is 3.00. The minimum Gasteiger partial charge on any atom is -0.468 e. The molecule has 1 fully saturated rings. The smallest absolute Gasteiger partial charge is 0.325 e. The van der Waals surface area contributed by atoms with Crippen LogP contribution in [0.5, 0.6) is 0 Å². The van der Waals surface area contributed by atoms with Crippen LogP contribution in [0, 0.1) is 0 Å². The van der Waals surface area contributed by atoms with Crippen molar-refractivity contribution < 1.29 is 14.3 Å². The molecular weight excluding hydrogens is 158 g/mol. The maximum absolute atomic E-state index is 11.2. The van der Waals surface area contributed by atoms with Crippen molar-refractivity contribution in [2.45, 2.75) is 12.5 Å². The topological polar surface area (TPSA) is 38.8 Å². The van der Waals surface area contributed by atoms with E-state index in [4.69, 9.17) is 4.74 Å². The zero-order chi connectivity index (χ0) is 8.97. The normalized spacial score (nSPS) is 19.8. The van der Waals surface area contributed by atoms with Gasteiger partial charge in [0, 0.05) is 20.2 Å². The van der Waals surface area contributed by atoms with E-state index in [0.717, 1.165) is 19.5 Å². The lowest BCUT2D eigenvalue weighted by Gasteiger charge is -2.36. The third-order valence-electron chi connectivity index (χ3n) is 2.13. The lowest BCUT2D eigenvalue weighted by molar-refractivity contribution is -0.151. The van der Waals surface area contributed by atoms with E-state index in [1.54, 1.807) is 7.11 Å². The molecule has 1 heterocycles. The highest BCUT2D eigenvalue weighted by Gasteiger charge is 2.30. The molecular formula is C8H15NO3. The molecule has 1 unspecified atom stereocenters. The fraction of sp³-hybridized carbons (Fsp3) is 0.875. The summed E-state index contributed by atoms with van der Waals surface area (Å²) in [5.41, 5.74) is 0. The van der Waals surface area contributed by atoms with E-state index in [2.05, 4.69) is 9.64 Å². The number of carbonyl (C=O) groups is 1. The molecule has 0 saturated carbocycles. The van der Waals surface area contributed by atoms with Crippen LogP contribution in [-0.2, 0) is 14.3 Å². The van der Waals surface area contributed by atoms with E-state index in [9.17, 15) is 4.79 Å². The first kappa shape index (κ1) is 9.48. The highest BCUT2D eigenvalue weighted by atomic mass is 16.5. The largest absolute Gasteiger partial charge is 0.468 e. The standard InChI is InChI=1S/C8H15NO3/c1-11-6-7(8(10)12-2)9-4-3-5-9/h7H,3-6H2,1-2H3. The maximum atomic E-state index is 11.2. The van der Waals surface area contributed by atoms with Gasteiger partial charge in [0.2, 0.25) is 0 Å². The maximum Gasteiger partial charge on any atom is 0.325 e. The number of hydrogen-bond donors (Lipinski definition) is 0. The van der Waals surface area contributed by atoms with Crippen LogP contribution in [0.2, 0.25) is 0 Å². The number of esters is 1. The molecule has 0 bridgehead atoms. The second-order valence-electron chi connectivity index (χ2n) is 2.88. The Kier molecular flexibility index (Phi) is 3.49. The van der Waals surface area contributed by atoms with Gasteiger partial charge in [-0.25, -0.2) is 0 Å². The van der Waals surface area contributed by atoms with Crippen molar-refractivity contribution in [2.75, 3.05) is 33.9 Å². The summed E-state index contributed by atoms with van der Waals surface area (Å²) in [4.78, 5) is 13.3. The Balaban J connectivity index is 2.41. The lowest BCUT2D eigenvalue weighted by Crippen LogP contribution is -2.51. The Morgan fingerprint density at radius 3 is 2.50 bits per heavy atom. The predicted molar refractivity (Wildman–Crippen MR) is 43.9 cm³/mol. The third kappa shape index (κ3) is 1.95. The number of ether oxygens (including phenoxy) is 2. The van der Waals surface area contributed by atoms with E-state index < -0.39 is 0 Å². The summed E-state index contributed by atoms with van der Waals surface area (Å²) >= 11 is 0. The van der Waals surface area contributed by atoms with Crippen LogP contribution in [0.15, 0.2) is 0 Å². The Hall–Kier alpha value is -0.610. The van der Waals surface area contributed by atoms with E-state index in [0.29, 0.717) is 6.61 Å². The fourth-order valence-electron chi connectivity index (χ4n) is 1.27. The zero-order valence-electron chi connectivity index (χ0n) is 7.58. The molecule has 0 aromatic carbocycles. The highest BCUT2D eigenvalue weighted by Crippen LogP contribution is 2.12. The van der Waals surface area contributed by atoms with Crippen LogP contribution in [0.3, 0.4) is 0 Å². The molecule has 4 nitrogen and oxygen atoms in total. The third-order valence-corrected chi connectivity index (χ3v) is 2.13. The molecule has 1 aliphatic heterocycles. The number of hydrogen-bond acceptors (Lipinski definition) is 4. The number of likely N-dealkylation sites (tertiary alicyclic amines) is 1. The summed E-state index contributed by atoms with van der Waals surface area (Å²) < 4.78 is 9.60. The Labute approximate surface area is 72.4 Å². The lowest BCUT2D eigenvalue weighted by atomic mass is 10.1. The SMILES string of the molecule is COCC(C(=O)OC)N1CCC1. The second-order valence-corrected chi connectivity index (χ2v) is 2.88. The van der Waals surface area contributed by atoms with Crippen LogP contribution < -0.4 is 0 Å². The van der Waals surface area contributed by atoms with Gasteiger partial charge in [0.1, 0.15) is 6.04 Å². The first-order valence-electron chi connectivity index (χ1n) is 4.10. The van der Waals surface area contributed by atoms with Crippen LogP contribution in [0.1, 0.15) is 6.42 Å². The first-order chi connectivity index (χ1) is 5.79. The van der Waals surface area contributed by atoms with E-state index in [1.165, 1.54) is 7.11 Å². The molecule has 0 amide bonds. The molecule has 4 heteroatoms. The van der Waals surface area contributed by atoms with Gasteiger partial charge in [-0.2, -0.15) is 0 Å². The molecule has 1 atom stereocenters. The number of carbonyl (C=O) groups excluding carboxylic acids is 1.